The van der Waals surface area contributed by atoms with Crippen LogP contribution in [0.4, 0.5) is 11.5 Å². The largest absolute Gasteiger partial charge is 0.477 e. The van der Waals surface area contributed by atoms with Crippen molar-refractivity contribution in [1.82, 2.24) is 4.98 Å². The summed E-state index contributed by atoms with van der Waals surface area (Å²) in [6, 6.07) is 2.03. The van der Waals surface area contributed by atoms with Crippen LogP contribution in [-0.4, -0.2) is 33.1 Å². The first-order chi connectivity index (χ1) is 9.49. The average molecular weight is 280 g/mol. The van der Waals surface area contributed by atoms with Gasteiger partial charge >= 0.3 is 11.7 Å². The molecule has 1 heterocycles. The molecule has 1 aromatic heterocycles. The second kappa shape index (κ2) is 5.83. The smallest absolute Gasteiger partial charge is 0.354 e. The molecule has 8 nitrogen and oxygen atoms in total. The third-order valence-corrected chi connectivity index (χ3v) is 3.43. The summed E-state index contributed by atoms with van der Waals surface area (Å²) in [7, 11) is 0. The van der Waals surface area contributed by atoms with Crippen LogP contribution >= 0.6 is 0 Å². The lowest BCUT2D eigenvalue weighted by Crippen LogP contribution is -2.42. The van der Waals surface area contributed by atoms with E-state index in [1.165, 1.54) is 0 Å². The van der Waals surface area contributed by atoms with Crippen LogP contribution in [0.3, 0.4) is 0 Å². The summed E-state index contributed by atoms with van der Waals surface area (Å²) < 4.78 is 0. The highest BCUT2D eigenvalue weighted by Gasteiger charge is 2.26. The fraction of sp³-hybridized carbons (Fsp3) is 0.500. The van der Waals surface area contributed by atoms with E-state index in [0.717, 1.165) is 37.8 Å². The molecule has 1 saturated carbocycles. The van der Waals surface area contributed by atoms with Crippen molar-refractivity contribution in [3.8, 4) is 0 Å². The number of aromatic carboxylic acids is 1. The van der Waals surface area contributed by atoms with Crippen molar-refractivity contribution in [2.75, 3.05) is 5.32 Å². The van der Waals surface area contributed by atoms with Crippen LogP contribution in [0.25, 0.3) is 0 Å². The van der Waals surface area contributed by atoms with Gasteiger partial charge in [0.1, 0.15) is 0 Å². The summed E-state index contributed by atoms with van der Waals surface area (Å²) in [5, 5.41) is 22.8. The SMILES string of the molecule is NC1CCCCC1Nc1nc(C(=O)O)ccc1[N+](=O)[O-]. The second-order valence-corrected chi connectivity index (χ2v) is 4.83. The number of carboxylic acid groups (broad SMARTS) is 1. The van der Waals surface area contributed by atoms with Gasteiger partial charge in [-0.05, 0) is 18.9 Å². The number of hydrogen-bond acceptors (Lipinski definition) is 6. The van der Waals surface area contributed by atoms with Gasteiger partial charge in [-0.25, -0.2) is 9.78 Å². The maximum Gasteiger partial charge on any atom is 0.354 e. The minimum atomic E-state index is -1.23. The topological polar surface area (TPSA) is 131 Å². The standard InChI is InChI=1S/C12H16N4O4/c13-7-3-1-2-4-8(7)14-11-10(16(19)20)6-5-9(15-11)12(17)18/h5-8H,1-4,13H2,(H,14,15)(H,17,18). The number of nitrogens with zero attached hydrogens (tertiary/aromatic N) is 2. The monoisotopic (exact) mass is 280 g/mol. The minimum Gasteiger partial charge on any atom is -0.477 e. The molecule has 0 aromatic carbocycles. The van der Waals surface area contributed by atoms with E-state index in [9.17, 15) is 14.9 Å². The van der Waals surface area contributed by atoms with Crippen LogP contribution in [0.1, 0.15) is 36.2 Å². The highest BCUT2D eigenvalue weighted by molar-refractivity contribution is 5.86. The third kappa shape index (κ3) is 3.02. The molecule has 20 heavy (non-hydrogen) atoms. The van der Waals surface area contributed by atoms with E-state index in [0.29, 0.717) is 0 Å². The number of rotatable bonds is 4. The van der Waals surface area contributed by atoms with Crippen LogP contribution in [0.5, 0.6) is 0 Å². The summed E-state index contributed by atoms with van der Waals surface area (Å²) in [5.74, 6) is -1.26. The lowest BCUT2D eigenvalue weighted by Gasteiger charge is -2.29. The van der Waals surface area contributed by atoms with E-state index in [2.05, 4.69) is 10.3 Å². The molecule has 0 amide bonds. The fourth-order valence-corrected chi connectivity index (χ4v) is 2.34. The minimum absolute atomic E-state index is 0.0303. The molecule has 8 heteroatoms. The van der Waals surface area contributed by atoms with Crippen molar-refractivity contribution < 1.29 is 14.8 Å². The van der Waals surface area contributed by atoms with Crippen LogP contribution in [-0.2, 0) is 0 Å². The number of nitrogens with one attached hydrogen (secondary N) is 1. The predicted molar refractivity (Wildman–Crippen MR) is 71.7 cm³/mol. The molecule has 108 valence electrons. The molecule has 2 unspecified atom stereocenters. The quantitative estimate of drug-likeness (QED) is 0.560. The third-order valence-electron chi connectivity index (χ3n) is 3.43. The molecule has 1 aromatic rings. The van der Waals surface area contributed by atoms with Crippen molar-refractivity contribution in [1.29, 1.82) is 0 Å². The Balaban J connectivity index is 2.29. The number of nitro groups is 1. The Kier molecular flexibility index (Phi) is 4.14. The zero-order valence-electron chi connectivity index (χ0n) is 10.8. The van der Waals surface area contributed by atoms with Gasteiger partial charge in [0.2, 0.25) is 5.82 Å². The van der Waals surface area contributed by atoms with Crippen molar-refractivity contribution in [2.24, 2.45) is 5.73 Å². The van der Waals surface area contributed by atoms with Crippen molar-refractivity contribution in [3.05, 3.63) is 27.9 Å². The molecule has 4 N–H and O–H groups in total. The van der Waals surface area contributed by atoms with E-state index in [4.69, 9.17) is 10.8 Å². The first kappa shape index (κ1) is 14.2. The zero-order chi connectivity index (χ0) is 14.7. The summed E-state index contributed by atoms with van der Waals surface area (Å²) in [5.41, 5.74) is 5.50. The molecular weight excluding hydrogens is 264 g/mol. The predicted octanol–water partition coefficient (Wildman–Crippen LogP) is 1.37. The maximum absolute atomic E-state index is 11.0. The molecule has 2 rings (SSSR count). The van der Waals surface area contributed by atoms with Crippen molar-refractivity contribution in [2.45, 2.75) is 37.8 Å². The average Bonchev–Trinajstić information content (AvgIpc) is 2.41. The van der Waals surface area contributed by atoms with E-state index in [1.807, 2.05) is 0 Å². The Hall–Kier alpha value is -2.22. The summed E-state index contributed by atoms with van der Waals surface area (Å²) >= 11 is 0. The fourth-order valence-electron chi connectivity index (χ4n) is 2.34. The number of carboxylic acids is 1. The molecule has 1 fully saturated rings. The van der Waals surface area contributed by atoms with Gasteiger partial charge in [-0.15, -0.1) is 0 Å². The molecule has 0 radical (unpaired) electrons. The number of anilines is 1. The van der Waals surface area contributed by atoms with E-state index >= 15 is 0 Å². The van der Waals surface area contributed by atoms with Gasteiger partial charge in [0.05, 0.1) is 4.92 Å². The summed E-state index contributed by atoms with van der Waals surface area (Å²) in [6.45, 7) is 0. The highest BCUT2D eigenvalue weighted by atomic mass is 16.6. The van der Waals surface area contributed by atoms with Crippen LogP contribution in [0.2, 0.25) is 0 Å². The van der Waals surface area contributed by atoms with Gasteiger partial charge in [-0.3, -0.25) is 10.1 Å². The molecule has 1 aliphatic rings. The maximum atomic E-state index is 11.0. The van der Waals surface area contributed by atoms with E-state index in [1.54, 1.807) is 0 Å². The first-order valence-electron chi connectivity index (χ1n) is 6.40. The van der Waals surface area contributed by atoms with E-state index < -0.39 is 10.9 Å². The molecule has 2 atom stereocenters. The van der Waals surface area contributed by atoms with Gasteiger partial charge in [-0.2, -0.15) is 0 Å². The number of aromatic nitrogens is 1. The Morgan fingerprint density at radius 1 is 1.45 bits per heavy atom. The Morgan fingerprint density at radius 2 is 2.15 bits per heavy atom. The number of carbonyl (C=O) groups is 1. The molecule has 0 bridgehead atoms. The Labute approximate surface area is 115 Å². The van der Waals surface area contributed by atoms with Crippen LogP contribution in [0, 0.1) is 10.1 Å². The Morgan fingerprint density at radius 3 is 2.75 bits per heavy atom. The van der Waals surface area contributed by atoms with Crippen LogP contribution in [0.15, 0.2) is 12.1 Å². The van der Waals surface area contributed by atoms with Crippen molar-refractivity contribution >= 4 is 17.5 Å². The van der Waals surface area contributed by atoms with Gasteiger partial charge in [0, 0.05) is 18.2 Å². The van der Waals surface area contributed by atoms with Gasteiger partial charge in [0.15, 0.2) is 5.69 Å². The first-order valence-corrected chi connectivity index (χ1v) is 6.40. The summed E-state index contributed by atoms with van der Waals surface area (Å²) in [4.78, 5) is 25.1. The van der Waals surface area contributed by atoms with Crippen molar-refractivity contribution in [3.63, 3.8) is 0 Å². The molecule has 0 saturated heterocycles. The molecule has 0 spiro atoms. The van der Waals surface area contributed by atoms with Gasteiger partial charge in [-0.1, -0.05) is 12.8 Å². The Bertz CT molecular complexity index is 534. The second-order valence-electron chi connectivity index (χ2n) is 4.83. The summed E-state index contributed by atoms with van der Waals surface area (Å²) in [6.07, 6.45) is 3.64. The van der Waals surface area contributed by atoms with Gasteiger partial charge in [0.25, 0.3) is 0 Å². The lowest BCUT2D eigenvalue weighted by molar-refractivity contribution is -0.384. The lowest BCUT2D eigenvalue weighted by atomic mass is 9.91. The number of nitrogens with two attached hydrogens (primary N) is 1. The molecule has 0 aliphatic heterocycles. The zero-order valence-corrected chi connectivity index (χ0v) is 10.8. The van der Waals surface area contributed by atoms with Crippen LogP contribution < -0.4 is 11.1 Å². The molecular formula is C12H16N4O4. The normalized spacial score (nSPS) is 22.2. The molecule has 1 aliphatic carbocycles. The number of hydrogen-bond donors (Lipinski definition) is 3. The van der Waals surface area contributed by atoms with E-state index in [-0.39, 0.29) is 29.3 Å². The highest BCUT2D eigenvalue weighted by Crippen LogP contribution is 2.26. The number of pyridine rings is 1. The van der Waals surface area contributed by atoms with Gasteiger partial charge < -0.3 is 16.2 Å².